The van der Waals surface area contributed by atoms with Crippen LogP contribution < -0.4 is 5.32 Å². The number of hydrogen-bond acceptors (Lipinski definition) is 2. The first-order valence-corrected chi connectivity index (χ1v) is 8.01. The average molecular weight is 297 g/mol. The lowest BCUT2D eigenvalue weighted by atomic mass is 10.1. The molecule has 2 aromatic rings. The molecule has 1 aromatic heterocycles. The van der Waals surface area contributed by atoms with Gasteiger partial charge < -0.3 is 5.32 Å². The monoisotopic (exact) mass is 297 g/mol. The molecule has 4 heteroatoms. The number of carbonyl (C=O) groups is 1. The van der Waals surface area contributed by atoms with Gasteiger partial charge in [-0.2, -0.15) is 5.10 Å². The van der Waals surface area contributed by atoms with Crippen molar-refractivity contribution < 1.29 is 4.79 Å². The van der Waals surface area contributed by atoms with Crippen molar-refractivity contribution in [2.75, 3.05) is 6.54 Å². The van der Waals surface area contributed by atoms with Gasteiger partial charge in [-0.3, -0.25) is 4.79 Å². The van der Waals surface area contributed by atoms with Gasteiger partial charge in [-0.25, -0.2) is 4.68 Å². The molecule has 1 aliphatic carbocycles. The molecule has 1 amide bonds. The number of nitrogens with one attached hydrogen (secondary N) is 1. The van der Waals surface area contributed by atoms with Crippen molar-refractivity contribution in [3.8, 4) is 5.69 Å². The quantitative estimate of drug-likeness (QED) is 0.891. The topological polar surface area (TPSA) is 46.9 Å². The smallest absolute Gasteiger partial charge is 0.220 e. The number of nitrogens with zero attached hydrogens (tertiary/aromatic N) is 2. The van der Waals surface area contributed by atoms with Crippen molar-refractivity contribution in [2.45, 2.75) is 39.5 Å². The van der Waals surface area contributed by atoms with E-state index in [0.717, 1.165) is 36.0 Å². The summed E-state index contributed by atoms with van der Waals surface area (Å²) < 4.78 is 1.95. The van der Waals surface area contributed by atoms with E-state index in [0.29, 0.717) is 6.42 Å². The highest BCUT2D eigenvalue weighted by molar-refractivity contribution is 5.76. The van der Waals surface area contributed by atoms with Crippen LogP contribution in [0, 0.1) is 19.8 Å². The molecule has 22 heavy (non-hydrogen) atoms. The molecule has 1 aromatic carbocycles. The summed E-state index contributed by atoms with van der Waals surface area (Å²) in [5, 5.41) is 7.49. The third kappa shape index (κ3) is 3.75. The van der Waals surface area contributed by atoms with E-state index in [4.69, 9.17) is 0 Å². The number of hydrogen-bond donors (Lipinski definition) is 1. The summed E-state index contributed by atoms with van der Waals surface area (Å²) in [7, 11) is 0. The predicted octanol–water partition coefficient (Wildman–Crippen LogP) is 2.95. The lowest BCUT2D eigenvalue weighted by Crippen LogP contribution is -2.25. The second-order valence-corrected chi connectivity index (χ2v) is 6.25. The summed E-state index contributed by atoms with van der Waals surface area (Å²) in [5.74, 6) is 0.901. The average Bonchev–Trinajstić information content (AvgIpc) is 3.27. The van der Waals surface area contributed by atoms with E-state index in [2.05, 4.69) is 47.7 Å². The Labute approximate surface area is 131 Å². The summed E-state index contributed by atoms with van der Waals surface area (Å²) in [5.41, 5.74) is 4.40. The molecular formula is C18H23N3O. The van der Waals surface area contributed by atoms with Gasteiger partial charge in [-0.1, -0.05) is 12.1 Å². The molecule has 1 aliphatic rings. The fraction of sp³-hybridized carbons (Fsp3) is 0.444. The molecule has 1 saturated carbocycles. The first kappa shape index (κ1) is 14.8. The Hall–Kier alpha value is -2.10. The van der Waals surface area contributed by atoms with Crippen LogP contribution in [-0.4, -0.2) is 22.2 Å². The van der Waals surface area contributed by atoms with Crippen molar-refractivity contribution >= 4 is 5.91 Å². The number of carbonyl (C=O) groups excluding carboxylic acids is 1. The van der Waals surface area contributed by atoms with E-state index < -0.39 is 0 Å². The van der Waals surface area contributed by atoms with E-state index in [1.165, 1.54) is 18.4 Å². The third-order valence-electron chi connectivity index (χ3n) is 4.12. The van der Waals surface area contributed by atoms with Crippen LogP contribution in [0.5, 0.6) is 0 Å². The van der Waals surface area contributed by atoms with Gasteiger partial charge in [-0.15, -0.1) is 0 Å². The Morgan fingerprint density at radius 3 is 2.59 bits per heavy atom. The van der Waals surface area contributed by atoms with E-state index in [-0.39, 0.29) is 5.91 Å². The van der Waals surface area contributed by atoms with E-state index in [9.17, 15) is 4.79 Å². The Morgan fingerprint density at radius 2 is 2.00 bits per heavy atom. The maximum absolute atomic E-state index is 11.8. The molecule has 116 valence electrons. The van der Waals surface area contributed by atoms with Crippen LogP contribution in [-0.2, 0) is 11.2 Å². The molecule has 1 fully saturated rings. The maximum atomic E-state index is 11.8. The lowest BCUT2D eigenvalue weighted by molar-refractivity contribution is -0.121. The summed E-state index contributed by atoms with van der Waals surface area (Å²) in [6.07, 6.45) is 3.89. The summed E-state index contributed by atoms with van der Waals surface area (Å²) in [4.78, 5) is 11.8. The minimum Gasteiger partial charge on any atom is -0.356 e. The zero-order chi connectivity index (χ0) is 15.5. The SMILES string of the molecule is Cc1cc(C)n(-c2ccc(CCC(=O)NCC3CC3)cc2)n1. The first-order chi connectivity index (χ1) is 10.6. The minimum atomic E-state index is 0.162. The van der Waals surface area contributed by atoms with Gasteiger partial charge in [0.05, 0.1) is 11.4 Å². The molecule has 4 nitrogen and oxygen atoms in total. The third-order valence-corrected chi connectivity index (χ3v) is 4.12. The minimum absolute atomic E-state index is 0.162. The molecule has 0 spiro atoms. The number of benzene rings is 1. The Kier molecular flexibility index (Phi) is 4.27. The first-order valence-electron chi connectivity index (χ1n) is 8.01. The molecule has 1 heterocycles. The van der Waals surface area contributed by atoms with Gasteiger partial charge in [0.15, 0.2) is 0 Å². The number of amides is 1. The van der Waals surface area contributed by atoms with Crippen molar-refractivity contribution in [1.29, 1.82) is 0 Å². The maximum Gasteiger partial charge on any atom is 0.220 e. The second-order valence-electron chi connectivity index (χ2n) is 6.25. The summed E-state index contributed by atoms with van der Waals surface area (Å²) >= 11 is 0. The zero-order valence-electron chi connectivity index (χ0n) is 13.3. The van der Waals surface area contributed by atoms with Gasteiger partial charge in [0.1, 0.15) is 0 Å². The van der Waals surface area contributed by atoms with Gasteiger partial charge >= 0.3 is 0 Å². The van der Waals surface area contributed by atoms with E-state index >= 15 is 0 Å². The molecular weight excluding hydrogens is 274 g/mol. The van der Waals surface area contributed by atoms with Crippen LogP contribution in [0.15, 0.2) is 30.3 Å². The lowest BCUT2D eigenvalue weighted by Gasteiger charge is -2.07. The van der Waals surface area contributed by atoms with Crippen LogP contribution in [0.3, 0.4) is 0 Å². The molecule has 0 atom stereocenters. The van der Waals surface area contributed by atoms with Crippen molar-refractivity contribution in [3.63, 3.8) is 0 Å². The van der Waals surface area contributed by atoms with Crippen LogP contribution in [0.25, 0.3) is 5.69 Å². The van der Waals surface area contributed by atoms with Crippen LogP contribution in [0.4, 0.5) is 0 Å². The normalized spacial score (nSPS) is 14.1. The highest BCUT2D eigenvalue weighted by Gasteiger charge is 2.21. The predicted molar refractivity (Wildman–Crippen MR) is 87.1 cm³/mol. The van der Waals surface area contributed by atoms with Crippen LogP contribution in [0.2, 0.25) is 0 Å². The van der Waals surface area contributed by atoms with Gasteiger partial charge in [0, 0.05) is 18.7 Å². The molecule has 0 unspecified atom stereocenters. The number of aryl methyl sites for hydroxylation is 3. The molecule has 0 bridgehead atoms. The number of aromatic nitrogens is 2. The van der Waals surface area contributed by atoms with Gasteiger partial charge in [0.2, 0.25) is 5.91 Å². The Balaban J connectivity index is 1.54. The van der Waals surface area contributed by atoms with Gasteiger partial charge in [-0.05, 0) is 62.8 Å². The summed E-state index contributed by atoms with van der Waals surface area (Å²) in [6.45, 7) is 4.91. The highest BCUT2D eigenvalue weighted by Crippen LogP contribution is 2.27. The van der Waals surface area contributed by atoms with Crippen LogP contribution in [0.1, 0.15) is 36.2 Å². The van der Waals surface area contributed by atoms with E-state index in [1.54, 1.807) is 0 Å². The van der Waals surface area contributed by atoms with Gasteiger partial charge in [0.25, 0.3) is 0 Å². The fourth-order valence-electron chi connectivity index (χ4n) is 2.62. The van der Waals surface area contributed by atoms with Crippen molar-refractivity contribution in [2.24, 2.45) is 5.92 Å². The highest BCUT2D eigenvalue weighted by atomic mass is 16.1. The van der Waals surface area contributed by atoms with Crippen molar-refractivity contribution in [1.82, 2.24) is 15.1 Å². The second kappa shape index (κ2) is 6.34. The standard InChI is InChI=1S/C18H23N3O/c1-13-11-14(2)21(20-13)17-8-5-15(6-9-17)7-10-18(22)19-12-16-3-4-16/h5-6,8-9,11,16H,3-4,7,10,12H2,1-2H3,(H,19,22). The Bertz CT molecular complexity index is 653. The van der Waals surface area contributed by atoms with Crippen LogP contribution >= 0.6 is 0 Å². The van der Waals surface area contributed by atoms with E-state index in [1.807, 2.05) is 11.6 Å². The molecule has 0 radical (unpaired) electrons. The fourth-order valence-corrected chi connectivity index (χ4v) is 2.62. The summed E-state index contributed by atoms with van der Waals surface area (Å²) in [6, 6.07) is 10.4. The molecule has 0 saturated heterocycles. The van der Waals surface area contributed by atoms with Crippen molar-refractivity contribution in [3.05, 3.63) is 47.3 Å². The largest absolute Gasteiger partial charge is 0.356 e. The molecule has 0 aliphatic heterocycles. The zero-order valence-corrected chi connectivity index (χ0v) is 13.3. The molecule has 1 N–H and O–H groups in total. The molecule has 3 rings (SSSR count). The number of rotatable bonds is 6. The Morgan fingerprint density at radius 1 is 1.27 bits per heavy atom.